The molecular formula is C27H25NO5. The Hall–Kier alpha value is -4.06. The number of alkyl carbamates (subject to hydrolysis) is 1. The summed E-state index contributed by atoms with van der Waals surface area (Å²) in [6.45, 7) is 4.12. The van der Waals surface area contributed by atoms with E-state index in [0.717, 1.165) is 27.8 Å². The van der Waals surface area contributed by atoms with Crippen LogP contribution in [0.2, 0.25) is 0 Å². The number of aliphatic carboxylic acids is 1. The molecule has 1 amide bonds. The summed E-state index contributed by atoms with van der Waals surface area (Å²) in [5.74, 6) is -0.556. The molecule has 0 unspecified atom stereocenters. The minimum Gasteiger partial charge on any atom is -0.490 e. The first-order chi connectivity index (χ1) is 16.1. The van der Waals surface area contributed by atoms with Gasteiger partial charge in [0.2, 0.25) is 0 Å². The van der Waals surface area contributed by atoms with Crippen LogP contribution in [0.15, 0.2) is 85.5 Å². The van der Waals surface area contributed by atoms with E-state index in [0.29, 0.717) is 12.4 Å². The average Bonchev–Trinajstić information content (AvgIpc) is 3.15. The lowest BCUT2D eigenvalue weighted by Gasteiger charge is -2.17. The molecule has 1 aliphatic carbocycles. The number of fused-ring (bicyclic) bond motifs is 3. The van der Waals surface area contributed by atoms with Crippen LogP contribution in [0.3, 0.4) is 0 Å². The van der Waals surface area contributed by atoms with Crippen LogP contribution in [-0.2, 0) is 16.0 Å². The van der Waals surface area contributed by atoms with Crippen molar-refractivity contribution < 1.29 is 24.2 Å². The number of rotatable bonds is 9. The molecule has 33 heavy (non-hydrogen) atoms. The van der Waals surface area contributed by atoms with Gasteiger partial charge in [0.05, 0.1) is 0 Å². The second-order valence-corrected chi connectivity index (χ2v) is 7.81. The third-order valence-electron chi connectivity index (χ3n) is 5.66. The van der Waals surface area contributed by atoms with Crippen molar-refractivity contribution in [1.29, 1.82) is 0 Å². The van der Waals surface area contributed by atoms with E-state index < -0.39 is 18.1 Å². The summed E-state index contributed by atoms with van der Waals surface area (Å²) in [5, 5.41) is 12.1. The minimum atomic E-state index is -1.13. The van der Waals surface area contributed by atoms with Gasteiger partial charge in [-0.2, -0.15) is 0 Å². The molecular weight excluding hydrogens is 418 g/mol. The number of nitrogens with one attached hydrogen (secondary N) is 1. The number of carboxylic acids is 1. The molecule has 1 aliphatic rings. The van der Waals surface area contributed by atoms with Gasteiger partial charge in [0.15, 0.2) is 0 Å². The fraction of sp³-hybridized carbons (Fsp3) is 0.185. The highest BCUT2D eigenvalue weighted by molar-refractivity contribution is 5.81. The Morgan fingerprint density at radius 3 is 2.15 bits per heavy atom. The maximum absolute atomic E-state index is 12.5. The molecule has 0 heterocycles. The van der Waals surface area contributed by atoms with E-state index in [1.165, 1.54) is 0 Å². The quantitative estimate of drug-likeness (QED) is 0.465. The minimum absolute atomic E-state index is 0.0884. The number of benzene rings is 3. The first kappa shape index (κ1) is 22.1. The molecule has 1 atom stereocenters. The predicted octanol–water partition coefficient (Wildman–Crippen LogP) is 4.79. The molecule has 0 saturated carbocycles. The molecule has 168 valence electrons. The fourth-order valence-electron chi connectivity index (χ4n) is 4.10. The van der Waals surface area contributed by atoms with Gasteiger partial charge in [-0.1, -0.05) is 73.3 Å². The first-order valence-corrected chi connectivity index (χ1v) is 10.7. The Kier molecular flexibility index (Phi) is 6.74. The lowest BCUT2D eigenvalue weighted by Crippen LogP contribution is -2.42. The van der Waals surface area contributed by atoms with Crippen LogP contribution in [0, 0.1) is 0 Å². The van der Waals surface area contributed by atoms with E-state index in [2.05, 4.69) is 24.0 Å². The van der Waals surface area contributed by atoms with Crippen molar-refractivity contribution in [2.75, 3.05) is 13.2 Å². The van der Waals surface area contributed by atoms with Crippen molar-refractivity contribution in [2.45, 2.75) is 18.4 Å². The molecule has 0 spiro atoms. The van der Waals surface area contributed by atoms with E-state index in [1.54, 1.807) is 30.3 Å². The molecule has 0 aliphatic heterocycles. The Bertz CT molecular complexity index is 1110. The van der Waals surface area contributed by atoms with Crippen molar-refractivity contribution in [1.82, 2.24) is 5.32 Å². The normalized spacial score (nSPS) is 12.8. The number of hydrogen-bond donors (Lipinski definition) is 2. The summed E-state index contributed by atoms with van der Waals surface area (Å²) in [4.78, 5) is 24.2. The zero-order valence-electron chi connectivity index (χ0n) is 18.1. The van der Waals surface area contributed by atoms with Gasteiger partial charge in [-0.15, -0.1) is 0 Å². The van der Waals surface area contributed by atoms with E-state index in [-0.39, 0.29) is 18.9 Å². The summed E-state index contributed by atoms with van der Waals surface area (Å²) in [7, 11) is 0. The largest absolute Gasteiger partial charge is 0.490 e. The molecule has 0 aromatic heterocycles. The molecule has 0 fully saturated rings. The summed E-state index contributed by atoms with van der Waals surface area (Å²) >= 11 is 0. The van der Waals surface area contributed by atoms with E-state index in [1.807, 2.05) is 36.4 Å². The number of carbonyl (C=O) groups excluding carboxylic acids is 1. The van der Waals surface area contributed by atoms with E-state index >= 15 is 0 Å². The number of ether oxygens (including phenoxy) is 2. The van der Waals surface area contributed by atoms with Crippen LogP contribution >= 0.6 is 0 Å². The molecule has 3 aromatic carbocycles. The third kappa shape index (κ3) is 5.06. The maximum atomic E-state index is 12.5. The van der Waals surface area contributed by atoms with Gasteiger partial charge < -0.3 is 19.9 Å². The van der Waals surface area contributed by atoms with Crippen molar-refractivity contribution in [3.05, 3.63) is 102 Å². The summed E-state index contributed by atoms with van der Waals surface area (Å²) in [5.41, 5.74) is 5.21. The summed E-state index contributed by atoms with van der Waals surface area (Å²) < 4.78 is 10.9. The third-order valence-corrected chi connectivity index (χ3v) is 5.66. The van der Waals surface area contributed by atoms with Crippen molar-refractivity contribution in [3.63, 3.8) is 0 Å². The monoisotopic (exact) mass is 443 g/mol. The standard InChI is InChI=1S/C27H25NO5/c1-2-15-32-19-13-11-18(12-14-19)16-25(26(29)30)28-27(31)33-17-24-22-9-5-3-7-20(22)21-8-4-6-10-23(21)24/h2-14,24-25H,1,15-17H2,(H,28,31)(H,29,30)/t25-/m0/s1. The lowest BCUT2D eigenvalue weighted by atomic mass is 9.98. The number of carboxylic acid groups (broad SMARTS) is 1. The summed E-state index contributed by atoms with van der Waals surface area (Å²) in [6, 6.07) is 22.0. The van der Waals surface area contributed by atoms with E-state index in [4.69, 9.17) is 9.47 Å². The van der Waals surface area contributed by atoms with Gasteiger partial charge in [0.25, 0.3) is 0 Å². The van der Waals surface area contributed by atoms with E-state index in [9.17, 15) is 14.7 Å². The molecule has 6 heteroatoms. The first-order valence-electron chi connectivity index (χ1n) is 10.7. The molecule has 3 aromatic rings. The zero-order valence-corrected chi connectivity index (χ0v) is 18.1. The van der Waals surface area contributed by atoms with Crippen molar-refractivity contribution in [2.24, 2.45) is 0 Å². The highest BCUT2D eigenvalue weighted by atomic mass is 16.5. The van der Waals surface area contributed by atoms with Gasteiger partial charge in [-0.05, 0) is 39.9 Å². The average molecular weight is 443 g/mol. The highest BCUT2D eigenvalue weighted by Crippen LogP contribution is 2.44. The van der Waals surface area contributed by atoms with Gasteiger partial charge >= 0.3 is 12.1 Å². The number of carbonyl (C=O) groups is 2. The fourth-order valence-corrected chi connectivity index (χ4v) is 4.10. The highest BCUT2D eigenvalue weighted by Gasteiger charge is 2.29. The second kappa shape index (κ2) is 10.0. The van der Waals surface area contributed by atoms with Crippen molar-refractivity contribution >= 4 is 12.1 Å². The molecule has 0 bridgehead atoms. The summed E-state index contributed by atoms with van der Waals surface area (Å²) in [6.07, 6.45) is 1.02. The smallest absolute Gasteiger partial charge is 0.407 e. The maximum Gasteiger partial charge on any atom is 0.407 e. The predicted molar refractivity (Wildman–Crippen MR) is 125 cm³/mol. The Morgan fingerprint density at radius 1 is 0.970 bits per heavy atom. The SMILES string of the molecule is C=CCOc1ccc(C[C@H](NC(=O)OCC2c3ccccc3-c3ccccc32)C(=O)O)cc1. The molecule has 2 N–H and O–H groups in total. The van der Waals surface area contributed by atoms with Gasteiger partial charge in [0, 0.05) is 12.3 Å². The molecule has 0 radical (unpaired) electrons. The Labute approximate surface area is 192 Å². The number of amides is 1. The van der Waals surface area contributed by atoms with Crippen LogP contribution in [0.25, 0.3) is 11.1 Å². The van der Waals surface area contributed by atoms with Crippen LogP contribution in [0.4, 0.5) is 4.79 Å². The lowest BCUT2D eigenvalue weighted by molar-refractivity contribution is -0.139. The molecule has 6 nitrogen and oxygen atoms in total. The van der Waals surface area contributed by atoms with Crippen LogP contribution in [0.1, 0.15) is 22.6 Å². The van der Waals surface area contributed by atoms with Gasteiger partial charge in [0.1, 0.15) is 25.0 Å². The number of hydrogen-bond acceptors (Lipinski definition) is 4. The zero-order chi connectivity index (χ0) is 23.2. The Balaban J connectivity index is 1.38. The van der Waals surface area contributed by atoms with Gasteiger partial charge in [-0.25, -0.2) is 9.59 Å². The van der Waals surface area contributed by atoms with Gasteiger partial charge in [-0.3, -0.25) is 0 Å². The topological polar surface area (TPSA) is 84.9 Å². The van der Waals surface area contributed by atoms with Crippen LogP contribution in [0.5, 0.6) is 5.75 Å². The van der Waals surface area contributed by atoms with Crippen molar-refractivity contribution in [3.8, 4) is 16.9 Å². The van der Waals surface area contributed by atoms with Crippen LogP contribution < -0.4 is 10.1 Å². The molecule has 0 saturated heterocycles. The Morgan fingerprint density at radius 2 is 1.58 bits per heavy atom. The molecule has 4 rings (SSSR count). The second-order valence-electron chi connectivity index (χ2n) is 7.81. The van der Waals surface area contributed by atoms with Crippen LogP contribution in [-0.4, -0.2) is 36.4 Å².